The van der Waals surface area contributed by atoms with Crippen LogP contribution in [0.15, 0.2) is 103 Å². The highest BCUT2D eigenvalue weighted by atomic mass is 31.2. The van der Waals surface area contributed by atoms with Crippen molar-refractivity contribution >= 4 is 23.1 Å². The van der Waals surface area contributed by atoms with Crippen molar-refractivity contribution in [1.82, 2.24) is 0 Å². The highest BCUT2D eigenvalue weighted by Crippen LogP contribution is 2.53. The van der Waals surface area contributed by atoms with Gasteiger partial charge in [0.25, 0.3) is 0 Å². The van der Waals surface area contributed by atoms with Crippen LogP contribution in [0.25, 0.3) is 22.3 Å². The lowest BCUT2D eigenvalue weighted by atomic mass is 9.82. The van der Waals surface area contributed by atoms with Crippen molar-refractivity contribution in [2.45, 2.75) is 38.5 Å². The first-order chi connectivity index (χ1) is 19.0. The second-order valence-electron chi connectivity index (χ2n) is 12.0. The fourth-order valence-electron chi connectivity index (χ4n) is 6.87. The molecule has 0 aromatic heterocycles. The van der Waals surface area contributed by atoms with E-state index in [2.05, 4.69) is 39.8 Å². The van der Waals surface area contributed by atoms with Crippen LogP contribution in [0.2, 0.25) is 0 Å². The van der Waals surface area contributed by atoms with Crippen molar-refractivity contribution in [3.63, 3.8) is 0 Å². The minimum atomic E-state index is -3.31. The zero-order valence-corrected chi connectivity index (χ0v) is 23.8. The zero-order chi connectivity index (χ0) is 28.0. The summed E-state index contributed by atoms with van der Waals surface area (Å²) in [5.74, 6) is -0.507. The Morgan fingerprint density at radius 3 is 1.27 bits per heavy atom. The Morgan fingerprint density at radius 2 is 0.850 bits per heavy atom. The first kappa shape index (κ1) is 25.2. The zero-order valence-electron chi connectivity index (χ0n) is 22.9. The topological polar surface area (TPSA) is 17.1 Å². The van der Waals surface area contributed by atoms with Crippen LogP contribution in [0.5, 0.6) is 0 Å². The van der Waals surface area contributed by atoms with Gasteiger partial charge in [-0.1, -0.05) is 94.4 Å². The van der Waals surface area contributed by atoms with Crippen molar-refractivity contribution in [3.05, 3.63) is 137 Å². The summed E-state index contributed by atoms with van der Waals surface area (Å²) in [6.07, 6.45) is 0. The molecular formula is C36H29F2OP. The van der Waals surface area contributed by atoms with Crippen molar-refractivity contribution in [2.75, 3.05) is 0 Å². The smallest absolute Gasteiger partial charge is 0.171 e. The Morgan fingerprint density at radius 1 is 0.475 bits per heavy atom. The molecule has 0 N–H and O–H groups in total. The molecule has 0 radical (unpaired) electrons. The SMILES string of the molecule is CC1(C)c2cc(F)ccc2-c2ccc(P(=O)(c3ccccc3)c3ccc4c(c3)C(C)(C)c3cc(F)ccc3-4)cc21. The number of benzene rings is 5. The molecule has 5 aromatic rings. The van der Waals surface area contributed by atoms with Gasteiger partial charge in [0.15, 0.2) is 7.14 Å². The molecule has 0 spiro atoms. The number of hydrogen-bond acceptors (Lipinski definition) is 1. The van der Waals surface area contributed by atoms with Gasteiger partial charge < -0.3 is 4.57 Å². The van der Waals surface area contributed by atoms with E-state index >= 15 is 4.57 Å². The van der Waals surface area contributed by atoms with Crippen molar-refractivity contribution in [3.8, 4) is 22.3 Å². The van der Waals surface area contributed by atoms with Crippen LogP contribution in [0.4, 0.5) is 8.78 Å². The largest absolute Gasteiger partial charge is 0.309 e. The summed E-state index contributed by atoms with van der Waals surface area (Å²) in [6, 6.07) is 31.8. The molecule has 0 amide bonds. The summed E-state index contributed by atoms with van der Waals surface area (Å²) in [5, 5.41) is 2.25. The van der Waals surface area contributed by atoms with Gasteiger partial charge in [-0.15, -0.1) is 0 Å². The minimum Gasteiger partial charge on any atom is -0.309 e. The average molecular weight is 547 g/mol. The third-order valence-electron chi connectivity index (χ3n) is 9.09. The van der Waals surface area contributed by atoms with E-state index in [0.717, 1.165) is 60.4 Å². The van der Waals surface area contributed by atoms with Crippen molar-refractivity contribution < 1.29 is 13.3 Å². The molecule has 0 unspecified atom stereocenters. The molecule has 0 saturated heterocycles. The van der Waals surface area contributed by atoms with Gasteiger partial charge in [-0.3, -0.25) is 0 Å². The standard InChI is InChI=1S/C36H29F2OP/c1-35(2)31-18-22(37)10-14-27(31)29-16-12-25(20-33(29)35)40(39,24-8-6-5-7-9-24)26-13-17-30-28-15-11-23(38)19-32(28)36(3,4)34(30)21-26/h5-21H,1-4H3. The summed E-state index contributed by atoms with van der Waals surface area (Å²) in [6.45, 7) is 8.40. The lowest BCUT2D eigenvalue weighted by Crippen LogP contribution is -2.27. The Hall–Kier alpha value is -3.81. The first-order valence-electron chi connectivity index (χ1n) is 13.6. The third kappa shape index (κ3) is 3.34. The molecule has 1 nitrogen and oxygen atoms in total. The van der Waals surface area contributed by atoms with Crippen LogP contribution < -0.4 is 15.9 Å². The lowest BCUT2D eigenvalue weighted by molar-refractivity contribution is 0.592. The van der Waals surface area contributed by atoms with E-state index in [1.54, 1.807) is 12.1 Å². The molecule has 0 heterocycles. The van der Waals surface area contributed by atoms with Crippen LogP contribution in [0.1, 0.15) is 49.9 Å². The highest BCUT2D eigenvalue weighted by molar-refractivity contribution is 7.85. The molecule has 5 aromatic carbocycles. The summed E-state index contributed by atoms with van der Waals surface area (Å²) >= 11 is 0. The summed E-state index contributed by atoms with van der Waals surface area (Å²) in [7, 11) is -3.31. The third-order valence-corrected chi connectivity index (χ3v) is 12.1. The van der Waals surface area contributed by atoms with Gasteiger partial charge >= 0.3 is 0 Å². The Kier molecular flexibility index (Phi) is 5.26. The minimum absolute atomic E-state index is 0.253. The van der Waals surface area contributed by atoms with Gasteiger partial charge in [-0.2, -0.15) is 0 Å². The monoisotopic (exact) mass is 546 g/mol. The van der Waals surface area contributed by atoms with E-state index in [0.29, 0.717) is 0 Å². The van der Waals surface area contributed by atoms with Gasteiger partial charge in [0.1, 0.15) is 11.6 Å². The fraction of sp³-hybridized carbons (Fsp3) is 0.167. The lowest BCUT2D eigenvalue weighted by Gasteiger charge is -2.26. The Bertz CT molecular complexity index is 1790. The Labute approximate surface area is 233 Å². The molecule has 0 bridgehead atoms. The molecule has 40 heavy (non-hydrogen) atoms. The predicted octanol–water partition coefficient (Wildman–Crippen LogP) is 8.22. The second-order valence-corrected chi connectivity index (χ2v) is 14.8. The highest BCUT2D eigenvalue weighted by Gasteiger charge is 2.41. The van der Waals surface area contributed by atoms with Crippen molar-refractivity contribution in [1.29, 1.82) is 0 Å². The number of fused-ring (bicyclic) bond motifs is 6. The number of hydrogen-bond donors (Lipinski definition) is 0. The summed E-state index contributed by atoms with van der Waals surface area (Å²) < 4.78 is 44.1. The van der Waals surface area contributed by atoms with E-state index in [4.69, 9.17) is 0 Å². The van der Waals surface area contributed by atoms with Gasteiger partial charge in [-0.05, 0) is 80.9 Å². The molecule has 0 atom stereocenters. The van der Waals surface area contributed by atoms with Crippen LogP contribution in [-0.2, 0) is 15.4 Å². The van der Waals surface area contributed by atoms with E-state index < -0.39 is 18.0 Å². The molecule has 4 heteroatoms. The van der Waals surface area contributed by atoms with Gasteiger partial charge in [0.05, 0.1) is 0 Å². The maximum absolute atomic E-state index is 15.6. The van der Waals surface area contributed by atoms with Gasteiger partial charge in [-0.25, -0.2) is 8.78 Å². The van der Waals surface area contributed by atoms with Gasteiger partial charge in [0, 0.05) is 26.7 Å². The molecule has 7 rings (SSSR count). The fourth-order valence-corrected chi connectivity index (χ4v) is 9.55. The van der Waals surface area contributed by atoms with E-state index in [1.807, 2.05) is 66.7 Å². The quantitative estimate of drug-likeness (QED) is 0.209. The number of halogens is 2. The van der Waals surface area contributed by atoms with E-state index in [9.17, 15) is 8.78 Å². The molecule has 198 valence electrons. The normalized spacial score (nSPS) is 15.8. The molecule has 2 aliphatic carbocycles. The predicted molar refractivity (Wildman–Crippen MR) is 161 cm³/mol. The maximum atomic E-state index is 15.6. The molecule has 0 aliphatic heterocycles. The van der Waals surface area contributed by atoms with Crippen LogP contribution >= 0.6 is 7.14 Å². The number of rotatable bonds is 3. The second kappa shape index (κ2) is 8.35. The molecule has 0 fully saturated rings. The first-order valence-corrected chi connectivity index (χ1v) is 15.3. The molecule has 2 aliphatic rings. The van der Waals surface area contributed by atoms with Crippen LogP contribution in [0.3, 0.4) is 0 Å². The van der Waals surface area contributed by atoms with Gasteiger partial charge in [0.2, 0.25) is 0 Å². The molecule has 0 saturated carbocycles. The average Bonchev–Trinajstić information content (AvgIpc) is 3.31. The van der Waals surface area contributed by atoms with E-state index in [-0.39, 0.29) is 11.6 Å². The Balaban J connectivity index is 1.45. The van der Waals surface area contributed by atoms with E-state index in [1.165, 1.54) is 12.1 Å². The summed E-state index contributed by atoms with van der Waals surface area (Å²) in [5.41, 5.74) is 7.26. The maximum Gasteiger partial charge on any atom is 0.171 e. The molecular weight excluding hydrogens is 517 g/mol. The van der Waals surface area contributed by atoms with Crippen LogP contribution in [-0.4, -0.2) is 0 Å². The van der Waals surface area contributed by atoms with Crippen LogP contribution in [0, 0.1) is 11.6 Å². The van der Waals surface area contributed by atoms with Crippen molar-refractivity contribution in [2.24, 2.45) is 0 Å². The summed E-state index contributed by atoms with van der Waals surface area (Å²) in [4.78, 5) is 0.